The molecule has 0 saturated carbocycles. The molecule has 0 aromatic rings. The van der Waals surface area contributed by atoms with Crippen LogP contribution in [-0.4, -0.2) is 24.4 Å². The predicted octanol–water partition coefficient (Wildman–Crippen LogP) is 2.35. The largest absolute Gasteiger partial charge is 0.391 e. The third-order valence-electron chi connectivity index (χ3n) is 1.75. The van der Waals surface area contributed by atoms with Crippen LogP contribution in [0.1, 0.15) is 46.0 Å². The summed E-state index contributed by atoms with van der Waals surface area (Å²) in [5, 5.41) is 8.87. The van der Waals surface area contributed by atoms with Crippen molar-refractivity contribution in [3.05, 3.63) is 0 Å². The molecular formula is C10H22O2. The molecule has 0 rings (SSSR count). The van der Waals surface area contributed by atoms with E-state index in [-0.39, 0.29) is 6.10 Å². The Morgan fingerprint density at radius 2 is 1.83 bits per heavy atom. The Morgan fingerprint density at radius 1 is 1.17 bits per heavy atom. The molecule has 0 aromatic heterocycles. The molecule has 2 nitrogen and oxygen atoms in total. The van der Waals surface area contributed by atoms with Crippen molar-refractivity contribution in [3.8, 4) is 0 Å². The van der Waals surface area contributed by atoms with Gasteiger partial charge in [0.2, 0.25) is 0 Å². The fourth-order valence-corrected chi connectivity index (χ4v) is 1.06. The molecule has 0 aromatic carbocycles. The third-order valence-corrected chi connectivity index (χ3v) is 1.75. The molecule has 0 spiro atoms. The lowest BCUT2D eigenvalue weighted by molar-refractivity contribution is 0.0445. The minimum Gasteiger partial charge on any atom is -0.391 e. The fraction of sp³-hybridized carbons (Fsp3) is 1.00. The van der Waals surface area contributed by atoms with Crippen LogP contribution in [0, 0.1) is 0 Å². The van der Waals surface area contributed by atoms with Crippen LogP contribution in [0.25, 0.3) is 0 Å². The maximum Gasteiger partial charge on any atom is 0.0745 e. The lowest BCUT2D eigenvalue weighted by Gasteiger charge is -2.05. The minimum atomic E-state index is -0.319. The Balaban J connectivity index is 2.82. The molecule has 0 heterocycles. The average molecular weight is 174 g/mol. The van der Waals surface area contributed by atoms with Gasteiger partial charge in [-0.25, -0.2) is 0 Å². The zero-order chi connectivity index (χ0) is 9.23. The van der Waals surface area contributed by atoms with Gasteiger partial charge in [0.05, 0.1) is 12.7 Å². The number of rotatable bonds is 8. The average Bonchev–Trinajstić information content (AvgIpc) is 2.02. The second kappa shape index (κ2) is 9.01. The predicted molar refractivity (Wildman–Crippen MR) is 51.3 cm³/mol. The molecular weight excluding hydrogens is 152 g/mol. The van der Waals surface area contributed by atoms with Crippen LogP contribution >= 0.6 is 0 Å². The summed E-state index contributed by atoms with van der Waals surface area (Å²) in [6.45, 7) is 5.24. The van der Waals surface area contributed by atoms with Gasteiger partial charge >= 0.3 is 0 Å². The van der Waals surface area contributed by atoms with E-state index in [0.29, 0.717) is 6.61 Å². The highest BCUT2D eigenvalue weighted by Gasteiger charge is 1.94. The van der Waals surface area contributed by atoms with E-state index in [1.165, 1.54) is 25.7 Å². The first-order chi connectivity index (χ1) is 5.77. The summed E-state index contributed by atoms with van der Waals surface area (Å²) in [5.74, 6) is 0. The Morgan fingerprint density at radius 3 is 2.42 bits per heavy atom. The third kappa shape index (κ3) is 9.92. The van der Waals surface area contributed by atoms with Gasteiger partial charge in [-0.3, -0.25) is 0 Å². The molecule has 0 aliphatic rings. The van der Waals surface area contributed by atoms with Crippen molar-refractivity contribution < 1.29 is 9.84 Å². The second-order valence-corrected chi connectivity index (χ2v) is 3.34. The smallest absolute Gasteiger partial charge is 0.0745 e. The minimum absolute atomic E-state index is 0.319. The van der Waals surface area contributed by atoms with Crippen LogP contribution < -0.4 is 0 Å². The van der Waals surface area contributed by atoms with Crippen LogP contribution in [0.3, 0.4) is 0 Å². The first kappa shape index (κ1) is 11.9. The van der Waals surface area contributed by atoms with Gasteiger partial charge in [-0.05, 0) is 13.3 Å². The van der Waals surface area contributed by atoms with Crippen molar-refractivity contribution in [2.75, 3.05) is 13.2 Å². The molecule has 1 atom stereocenters. The molecule has 0 saturated heterocycles. The van der Waals surface area contributed by atoms with Crippen LogP contribution in [0.2, 0.25) is 0 Å². The summed E-state index contributed by atoms with van der Waals surface area (Å²) in [5.41, 5.74) is 0. The topological polar surface area (TPSA) is 29.5 Å². The normalized spacial score (nSPS) is 13.2. The zero-order valence-electron chi connectivity index (χ0n) is 8.38. The van der Waals surface area contributed by atoms with Crippen LogP contribution in [0.5, 0.6) is 0 Å². The van der Waals surface area contributed by atoms with Crippen LogP contribution in [-0.2, 0) is 4.74 Å². The zero-order valence-corrected chi connectivity index (χ0v) is 8.38. The monoisotopic (exact) mass is 174 g/mol. The highest BCUT2D eigenvalue weighted by atomic mass is 16.5. The van der Waals surface area contributed by atoms with Crippen molar-refractivity contribution >= 4 is 0 Å². The molecule has 0 aliphatic carbocycles. The van der Waals surface area contributed by atoms with Gasteiger partial charge in [0.15, 0.2) is 0 Å². The first-order valence-electron chi connectivity index (χ1n) is 5.03. The van der Waals surface area contributed by atoms with E-state index in [9.17, 15) is 0 Å². The van der Waals surface area contributed by atoms with Gasteiger partial charge in [-0.1, -0.05) is 32.6 Å². The van der Waals surface area contributed by atoms with Crippen molar-refractivity contribution in [2.45, 2.75) is 52.1 Å². The van der Waals surface area contributed by atoms with E-state index in [1.54, 1.807) is 6.92 Å². The number of hydrogen-bond acceptors (Lipinski definition) is 2. The molecule has 0 bridgehead atoms. The molecule has 0 fully saturated rings. The second-order valence-electron chi connectivity index (χ2n) is 3.34. The number of ether oxygens (including phenoxy) is 1. The molecule has 2 heteroatoms. The quantitative estimate of drug-likeness (QED) is 0.572. The lowest BCUT2D eigenvalue weighted by atomic mass is 10.2. The summed E-state index contributed by atoms with van der Waals surface area (Å²) in [6.07, 6.45) is 6.00. The van der Waals surface area contributed by atoms with Crippen molar-refractivity contribution in [1.82, 2.24) is 0 Å². The lowest BCUT2D eigenvalue weighted by Crippen LogP contribution is -2.10. The van der Waals surface area contributed by atoms with Crippen molar-refractivity contribution in [2.24, 2.45) is 0 Å². The number of aliphatic hydroxyl groups is 1. The summed E-state index contributed by atoms with van der Waals surface area (Å²) in [6, 6.07) is 0. The Bertz CT molecular complexity index is 81.9. The molecule has 1 N–H and O–H groups in total. The Labute approximate surface area is 75.9 Å². The van der Waals surface area contributed by atoms with Crippen LogP contribution in [0.4, 0.5) is 0 Å². The van der Waals surface area contributed by atoms with Crippen molar-refractivity contribution in [3.63, 3.8) is 0 Å². The molecule has 0 amide bonds. The van der Waals surface area contributed by atoms with E-state index in [4.69, 9.17) is 9.84 Å². The summed E-state index contributed by atoms with van der Waals surface area (Å²) in [4.78, 5) is 0. The highest BCUT2D eigenvalue weighted by Crippen LogP contribution is 2.02. The van der Waals surface area contributed by atoms with Crippen molar-refractivity contribution in [1.29, 1.82) is 0 Å². The van der Waals surface area contributed by atoms with Gasteiger partial charge in [0, 0.05) is 6.61 Å². The maximum absolute atomic E-state index is 8.87. The number of aliphatic hydroxyl groups excluding tert-OH is 1. The van der Waals surface area contributed by atoms with Gasteiger partial charge < -0.3 is 9.84 Å². The molecule has 0 radical (unpaired) electrons. The van der Waals surface area contributed by atoms with E-state index in [1.807, 2.05) is 0 Å². The fourth-order valence-electron chi connectivity index (χ4n) is 1.06. The standard InChI is InChI=1S/C10H22O2/c1-3-4-5-6-7-8-12-9-10(2)11/h10-11H,3-9H2,1-2H3. The van der Waals surface area contributed by atoms with Gasteiger partial charge in [0.1, 0.15) is 0 Å². The number of unbranched alkanes of at least 4 members (excludes halogenated alkanes) is 4. The Hall–Kier alpha value is -0.0800. The van der Waals surface area contributed by atoms with Gasteiger partial charge in [-0.15, -0.1) is 0 Å². The van der Waals surface area contributed by atoms with E-state index >= 15 is 0 Å². The number of hydrogen-bond donors (Lipinski definition) is 1. The van der Waals surface area contributed by atoms with Gasteiger partial charge in [-0.2, -0.15) is 0 Å². The van der Waals surface area contributed by atoms with Crippen LogP contribution in [0.15, 0.2) is 0 Å². The molecule has 1 unspecified atom stereocenters. The molecule has 74 valence electrons. The maximum atomic E-state index is 8.87. The van der Waals surface area contributed by atoms with Gasteiger partial charge in [0.25, 0.3) is 0 Å². The SMILES string of the molecule is CCCCCCCOCC(C)O. The summed E-state index contributed by atoms with van der Waals surface area (Å²) in [7, 11) is 0. The van der Waals surface area contributed by atoms with E-state index in [2.05, 4.69) is 6.92 Å². The van der Waals surface area contributed by atoms with E-state index < -0.39 is 0 Å². The molecule has 12 heavy (non-hydrogen) atoms. The summed E-state index contributed by atoms with van der Waals surface area (Å²) >= 11 is 0. The Kier molecular flexibility index (Phi) is 8.95. The summed E-state index contributed by atoms with van der Waals surface area (Å²) < 4.78 is 5.23. The van der Waals surface area contributed by atoms with E-state index in [0.717, 1.165) is 13.0 Å². The highest BCUT2D eigenvalue weighted by molar-refractivity contribution is 4.44. The first-order valence-corrected chi connectivity index (χ1v) is 5.03. The molecule has 0 aliphatic heterocycles.